The van der Waals surface area contributed by atoms with Crippen molar-refractivity contribution in [3.05, 3.63) is 28.3 Å². The maximum absolute atomic E-state index is 12.9. The van der Waals surface area contributed by atoms with Gasteiger partial charge in [-0.3, -0.25) is 10.1 Å². The highest BCUT2D eigenvalue weighted by atomic mass is 32.2. The molecule has 0 aromatic heterocycles. The summed E-state index contributed by atoms with van der Waals surface area (Å²) >= 11 is 0. The second-order valence-electron chi connectivity index (χ2n) is 7.40. The molecule has 2 heterocycles. The quantitative estimate of drug-likeness (QED) is 0.428. The minimum Gasteiger partial charge on any atom is -0.363 e. The van der Waals surface area contributed by atoms with Gasteiger partial charge in [0.15, 0.2) is 0 Å². The van der Waals surface area contributed by atoms with Gasteiger partial charge in [-0.15, -0.1) is 0 Å². The number of anilines is 1. The summed E-state index contributed by atoms with van der Waals surface area (Å²) in [5.74, 6) is 0.00595. The molecule has 1 aromatic rings. The third-order valence-electron chi connectivity index (χ3n) is 5.58. The Labute approximate surface area is 177 Å². The number of nitro benzene ring substituents is 1. The van der Waals surface area contributed by atoms with Crippen LogP contribution in [0.4, 0.5) is 11.4 Å². The monoisotopic (exact) mass is 461 g/mol. The number of nitro groups is 1. The third kappa shape index (κ3) is 4.59. The Hall–Kier alpha value is -1.80. The highest BCUT2D eigenvalue weighted by Gasteiger charge is 2.32. The van der Waals surface area contributed by atoms with Gasteiger partial charge in [0, 0.05) is 58.4 Å². The van der Waals surface area contributed by atoms with Crippen molar-refractivity contribution >= 4 is 31.4 Å². The van der Waals surface area contributed by atoms with Crippen molar-refractivity contribution in [2.24, 2.45) is 0 Å². The van der Waals surface area contributed by atoms with Gasteiger partial charge in [-0.2, -0.15) is 8.61 Å². The first-order chi connectivity index (χ1) is 14.1. The summed E-state index contributed by atoms with van der Waals surface area (Å²) in [6.45, 7) is 4.50. The van der Waals surface area contributed by atoms with Crippen LogP contribution in [0.15, 0.2) is 23.1 Å². The van der Waals surface area contributed by atoms with Gasteiger partial charge in [-0.25, -0.2) is 16.8 Å². The van der Waals surface area contributed by atoms with Gasteiger partial charge in [0.05, 0.1) is 15.6 Å². The fraction of sp³-hybridized carbons (Fsp3) is 0.647. The lowest BCUT2D eigenvalue weighted by Gasteiger charge is -2.35. The zero-order valence-corrected chi connectivity index (χ0v) is 18.7. The summed E-state index contributed by atoms with van der Waals surface area (Å²) < 4.78 is 52.7. The van der Waals surface area contributed by atoms with Crippen molar-refractivity contribution in [2.75, 3.05) is 70.1 Å². The highest BCUT2D eigenvalue weighted by Crippen LogP contribution is 2.33. The minimum atomic E-state index is -3.82. The zero-order valence-electron chi connectivity index (χ0n) is 17.1. The lowest BCUT2D eigenvalue weighted by Crippen LogP contribution is -2.49. The summed E-state index contributed by atoms with van der Waals surface area (Å²) in [5.41, 5.74) is 0.00266. The lowest BCUT2D eigenvalue weighted by molar-refractivity contribution is -0.384. The van der Waals surface area contributed by atoms with Crippen LogP contribution >= 0.6 is 0 Å². The second kappa shape index (κ2) is 8.75. The van der Waals surface area contributed by atoms with Gasteiger partial charge in [0.25, 0.3) is 5.69 Å². The van der Waals surface area contributed by atoms with Crippen LogP contribution < -0.4 is 4.90 Å². The van der Waals surface area contributed by atoms with Crippen molar-refractivity contribution in [1.29, 1.82) is 0 Å². The molecule has 13 heteroatoms. The standard InChI is InChI=1S/C17H27N5O6S2/c1-3-29(25,26)20-12-8-19(9-13-20)16-5-4-15(14-17(16)22(23)24)30(27,28)21-10-6-18(2)7-11-21/h4-5,14H,3,6-13H2,1-2H3. The van der Waals surface area contributed by atoms with Crippen molar-refractivity contribution in [3.63, 3.8) is 0 Å². The molecule has 3 rings (SSSR count). The van der Waals surface area contributed by atoms with E-state index in [1.165, 1.54) is 20.7 Å². The highest BCUT2D eigenvalue weighted by molar-refractivity contribution is 7.89. The minimum absolute atomic E-state index is 0.00595. The molecule has 2 fully saturated rings. The molecule has 2 saturated heterocycles. The van der Waals surface area contributed by atoms with E-state index in [1.807, 2.05) is 11.9 Å². The number of hydrogen-bond donors (Lipinski definition) is 0. The Morgan fingerprint density at radius 1 is 0.933 bits per heavy atom. The van der Waals surface area contributed by atoms with E-state index in [2.05, 4.69) is 0 Å². The fourth-order valence-electron chi connectivity index (χ4n) is 3.64. The Balaban J connectivity index is 1.84. The molecular weight excluding hydrogens is 434 g/mol. The summed E-state index contributed by atoms with van der Waals surface area (Å²) in [6, 6.07) is 3.95. The second-order valence-corrected chi connectivity index (χ2v) is 11.6. The molecule has 2 aliphatic heterocycles. The SMILES string of the molecule is CCS(=O)(=O)N1CCN(c2ccc(S(=O)(=O)N3CCN(C)CC3)cc2[N+](=O)[O-])CC1. The number of benzene rings is 1. The van der Waals surface area contributed by atoms with Gasteiger partial charge < -0.3 is 9.80 Å². The van der Waals surface area contributed by atoms with Crippen LogP contribution in [0.5, 0.6) is 0 Å². The Kier molecular flexibility index (Phi) is 6.67. The normalized spacial score (nSPS) is 20.4. The van der Waals surface area contributed by atoms with Crippen LogP contribution in [0.3, 0.4) is 0 Å². The number of hydrogen-bond acceptors (Lipinski definition) is 8. The topological polar surface area (TPSA) is 124 Å². The van der Waals surface area contributed by atoms with E-state index in [-0.39, 0.29) is 29.4 Å². The molecule has 0 spiro atoms. The first-order valence-electron chi connectivity index (χ1n) is 9.76. The molecule has 0 atom stereocenters. The molecule has 0 unspecified atom stereocenters. The summed E-state index contributed by atoms with van der Waals surface area (Å²) in [6.07, 6.45) is 0. The number of piperazine rings is 2. The summed E-state index contributed by atoms with van der Waals surface area (Å²) in [7, 11) is -5.22. The smallest absolute Gasteiger partial charge is 0.293 e. The lowest BCUT2D eigenvalue weighted by atomic mass is 10.2. The predicted octanol–water partition coefficient (Wildman–Crippen LogP) is 0.00260. The first-order valence-corrected chi connectivity index (χ1v) is 12.8. The van der Waals surface area contributed by atoms with Gasteiger partial charge in [0.2, 0.25) is 20.0 Å². The van der Waals surface area contributed by atoms with Crippen LogP contribution in [-0.4, -0.2) is 100 Å². The van der Waals surface area contributed by atoms with Crippen LogP contribution in [0.1, 0.15) is 6.92 Å². The zero-order chi connectivity index (χ0) is 22.1. The number of rotatable bonds is 6. The Morgan fingerprint density at radius 2 is 1.50 bits per heavy atom. The van der Waals surface area contributed by atoms with E-state index >= 15 is 0 Å². The molecule has 0 aliphatic carbocycles. The number of likely N-dealkylation sites (N-methyl/N-ethyl adjacent to an activating group) is 1. The predicted molar refractivity (Wildman–Crippen MR) is 113 cm³/mol. The fourth-order valence-corrected chi connectivity index (χ4v) is 6.17. The molecule has 0 saturated carbocycles. The van der Waals surface area contributed by atoms with Crippen molar-refractivity contribution in [3.8, 4) is 0 Å². The molecule has 2 aliphatic rings. The van der Waals surface area contributed by atoms with Crippen LogP contribution in [-0.2, 0) is 20.0 Å². The third-order valence-corrected chi connectivity index (χ3v) is 9.36. The van der Waals surface area contributed by atoms with Crippen molar-refractivity contribution in [2.45, 2.75) is 11.8 Å². The van der Waals surface area contributed by atoms with E-state index in [9.17, 15) is 26.9 Å². The Bertz CT molecular complexity index is 997. The average Bonchev–Trinajstić information content (AvgIpc) is 2.73. The van der Waals surface area contributed by atoms with Gasteiger partial charge in [0.1, 0.15) is 5.69 Å². The number of sulfonamides is 2. The van der Waals surface area contributed by atoms with Crippen LogP contribution in [0.25, 0.3) is 0 Å². The molecule has 168 valence electrons. The summed E-state index contributed by atoms with van der Waals surface area (Å²) in [4.78, 5) is 14.8. The maximum atomic E-state index is 12.9. The Morgan fingerprint density at radius 3 is 2.03 bits per heavy atom. The molecule has 1 aromatic carbocycles. The van der Waals surface area contributed by atoms with E-state index < -0.39 is 25.0 Å². The van der Waals surface area contributed by atoms with Gasteiger partial charge >= 0.3 is 0 Å². The summed E-state index contributed by atoms with van der Waals surface area (Å²) in [5, 5.41) is 11.7. The first kappa shape index (κ1) is 22.9. The largest absolute Gasteiger partial charge is 0.363 e. The average molecular weight is 462 g/mol. The molecule has 0 bridgehead atoms. The van der Waals surface area contributed by atoms with E-state index in [4.69, 9.17) is 0 Å². The van der Waals surface area contributed by atoms with Crippen molar-refractivity contribution < 1.29 is 21.8 Å². The maximum Gasteiger partial charge on any atom is 0.293 e. The van der Waals surface area contributed by atoms with Crippen LogP contribution in [0.2, 0.25) is 0 Å². The van der Waals surface area contributed by atoms with E-state index in [0.717, 1.165) is 6.07 Å². The van der Waals surface area contributed by atoms with Gasteiger partial charge in [-0.05, 0) is 26.1 Å². The molecule has 0 radical (unpaired) electrons. The van der Waals surface area contributed by atoms with Crippen molar-refractivity contribution in [1.82, 2.24) is 13.5 Å². The number of nitrogens with zero attached hydrogens (tertiary/aromatic N) is 5. The van der Waals surface area contributed by atoms with E-state index in [1.54, 1.807) is 11.8 Å². The van der Waals surface area contributed by atoms with E-state index in [0.29, 0.717) is 45.0 Å². The molecular formula is C17H27N5O6S2. The molecule has 0 N–H and O–H groups in total. The molecule has 0 amide bonds. The van der Waals surface area contributed by atoms with Gasteiger partial charge in [-0.1, -0.05) is 0 Å². The molecule has 30 heavy (non-hydrogen) atoms. The molecule has 11 nitrogen and oxygen atoms in total. The van der Waals surface area contributed by atoms with Crippen LogP contribution in [0, 0.1) is 10.1 Å².